The molecule has 2 rings (SSSR count). The van der Waals surface area contributed by atoms with Crippen molar-refractivity contribution in [1.29, 1.82) is 0 Å². The zero-order valence-electron chi connectivity index (χ0n) is 11.2. The first-order valence-electron chi connectivity index (χ1n) is 5.60. The Morgan fingerprint density at radius 1 is 1.37 bits per heavy atom. The summed E-state index contributed by atoms with van der Waals surface area (Å²) in [5, 5.41) is 8.92. The summed E-state index contributed by atoms with van der Waals surface area (Å²) >= 11 is 0. The van der Waals surface area contributed by atoms with Crippen LogP contribution in [-0.2, 0) is 42.9 Å². The van der Waals surface area contributed by atoms with E-state index in [9.17, 15) is 4.79 Å². The molecule has 1 N–H and O–H groups in total. The molecular weight excluding hydrogens is 315 g/mol. The molecule has 4 heteroatoms. The van der Waals surface area contributed by atoms with E-state index in [0.29, 0.717) is 12.8 Å². The molecule has 0 aliphatic heterocycles. The molecule has 1 aromatic rings. The van der Waals surface area contributed by atoms with Crippen LogP contribution in [0.2, 0.25) is 0 Å². The molecule has 0 atom stereocenters. The van der Waals surface area contributed by atoms with Crippen molar-refractivity contribution >= 4 is 11.5 Å². The Bertz CT molecular complexity index is 479. The third kappa shape index (κ3) is 3.32. The van der Waals surface area contributed by atoms with Crippen LogP contribution in [0.3, 0.4) is 0 Å². The minimum atomic E-state index is -0.824. The van der Waals surface area contributed by atoms with Crippen LogP contribution >= 0.6 is 0 Å². The number of carbonyl (C=O) groups is 1. The summed E-state index contributed by atoms with van der Waals surface area (Å²) in [5.41, 5.74) is 2.65. The largest absolute Gasteiger partial charge is 3.00 e. The minimum Gasteiger partial charge on any atom is -0.481 e. The number of aromatic nitrogens is 1. The van der Waals surface area contributed by atoms with Gasteiger partial charge in [0, 0.05) is 18.0 Å². The molecule has 0 spiro atoms. The number of aliphatic carboxylic acids is 1. The first-order chi connectivity index (χ1) is 8.13. The average Bonchev–Trinajstić information content (AvgIpc) is 2.64. The Morgan fingerprint density at radius 3 is 2.53 bits per heavy atom. The molecule has 98 valence electrons. The van der Waals surface area contributed by atoms with Crippen molar-refractivity contribution in [2.45, 2.75) is 24.7 Å². The van der Waals surface area contributed by atoms with Crippen molar-refractivity contribution in [1.82, 2.24) is 4.98 Å². The number of allylic oxidation sites excluding steroid dienone is 1. The summed E-state index contributed by atoms with van der Waals surface area (Å²) in [5.74, 6) is -0.824. The zero-order chi connectivity index (χ0) is 12.5. The van der Waals surface area contributed by atoms with Crippen LogP contribution < -0.4 is 0 Å². The molecule has 0 saturated heterocycles. The van der Waals surface area contributed by atoms with Crippen LogP contribution in [-0.4, -0.2) is 16.1 Å². The number of fused-ring (bicyclic) bond motifs is 1. The molecule has 3 nitrogen and oxygen atoms in total. The van der Waals surface area contributed by atoms with Gasteiger partial charge in [0.15, 0.2) is 0 Å². The second-order valence-electron chi connectivity index (χ2n) is 4.32. The van der Waals surface area contributed by atoms with Gasteiger partial charge in [-0.25, -0.2) is 0 Å². The molecule has 0 unspecified atom stereocenters. The van der Waals surface area contributed by atoms with Crippen LogP contribution in [0.5, 0.6) is 0 Å². The summed E-state index contributed by atoms with van der Waals surface area (Å²) in [6.07, 6.45) is 6.86. The fraction of sp³-hybridized carbons (Fsp3) is 0.267. The molecule has 0 bridgehead atoms. The van der Waals surface area contributed by atoms with Crippen LogP contribution in [0.15, 0.2) is 24.5 Å². The van der Waals surface area contributed by atoms with Gasteiger partial charge in [0.05, 0.1) is 6.42 Å². The Kier molecular flexibility index (Phi) is 7.09. The molecule has 1 aliphatic rings. The molecular formula is C15H18NO2Y. The summed E-state index contributed by atoms with van der Waals surface area (Å²) in [7, 11) is 0. The molecule has 0 saturated carbocycles. The standard InChI is InChI=1S/C14H15NO2.CH3.Y/c1-3-14(4-2)8-10(7-13(16)17)11-9-15-6-5-12(11)14;;/h5-6,8-9H,1-4,7H2,(H,16,17);1H3;/q-2;-1;+3. The van der Waals surface area contributed by atoms with Crippen LogP contribution in [0.4, 0.5) is 0 Å². The maximum absolute atomic E-state index is 10.9. The second-order valence-corrected chi connectivity index (χ2v) is 4.32. The van der Waals surface area contributed by atoms with E-state index >= 15 is 0 Å². The minimum absolute atomic E-state index is 0. The van der Waals surface area contributed by atoms with E-state index in [1.165, 1.54) is 0 Å². The molecule has 1 aliphatic carbocycles. The topological polar surface area (TPSA) is 50.2 Å². The molecule has 1 aromatic heterocycles. The van der Waals surface area contributed by atoms with E-state index in [1.807, 2.05) is 12.1 Å². The van der Waals surface area contributed by atoms with Gasteiger partial charge in [0.1, 0.15) is 0 Å². The third-order valence-corrected chi connectivity index (χ3v) is 3.39. The van der Waals surface area contributed by atoms with E-state index < -0.39 is 5.97 Å². The van der Waals surface area contributed by atoms with E-state index in [0.717, 1.165) is 16.7 Å². The SMILES string of the molecule is [CH2-]CC1(C[CH2-])C=C(CC(=O)O)c2cnccc21.[CH3-].[Y+3]. The van der Waals surface area contributed by atoms with Gasteiger partial charge in [-0.1, -0.05) is 6.08 Å². The number of pyridine rings is 1. The zero-order valence-corrected chi connectivity index (χ0v) is 14.1. The van der Waals surface area contributed by atoms with E-state index in [1.54, 1.807) is 12.4 Å². The fourth-order valence-corrected chi connectivity index (χ4v) is 2.42. The number of rotatable bonds is 4. The number of hydrogen-bond donors (Lipinski definition) is 1. The van der Waals surface area contributed by atoms with Gasteiger partial charge in [-0.3, -0.25) is 9.78 Å². The quantitative estimate of drug-likeness (QED) is 0.862. The Labute approximate surface area is 140 Å². The molecule has 1 heterocycles. The first kappa shape index (κ1) is 18.5. The first-order valence-corrected chi connectivity index (χ1v) is 5.60. The van der Waals surface area contributed by atoms with Crippen molar-refractivity contribution in [2.24, 2.45) is 0 Å². The summed E-state index contributed by atoms with van der Waals surface area (Å²) in [6.45, 7) is 7.94. The summed E-state index contributed by atoms with van der Waals surface area (Å²) < 4.78 is 0. The van der Waals surface area contributed by atoms with Crippen molar-refractivity contribution in [2.75, 3.05) is 0 Å². The van der Waals surface area contributed by atoms with Gasteiger partial charge in [0.25, 0.3) is 0 Å². The third-order valence-electron chi connectivity index (χ3n) is 3.39. The normalized spacial score (nSPS) is 14.7. The van der Waals surface area contributed by atoms with Crippen molar-refractivity contribution < 1.29 is 42.6 Å². The molecule has 0 aromatic carbocycles. The van der Waals surface area contributed by atoms with Gasteiger partial charge in [-0.05, 0) is 22.6 Å². The molecule has 19 heavy (non-hydrogen) atoms. The molecule has 0 radical (unpaired) electrons. The van der Waals surface area contributed by atoms with Crippen LogP contribution in [0, 0.1) is 21.3 Å². The van der Waals surface area contributed by atoms with Gasteiger partial charge in [0.2, 0.25) is 0 Å². The Morgan fingerprint density at radius 2 is 2.00 bits per heavy atom. The van der Waals surface area contributed by atoms with Gasteiger partial charge in [-0.2, -0.15) is 12.8 Å². The summed E-state index contributed by atoms with van der Waals surface area (Å²) in [6, 6.07) is 1.94. The average molecular weight is 333 g/mol. The predicted octanol–water partition coefficient (Wildman–Crippen LogP) is 3.09. The Balaban J connectivity index is 0.00000162. The smallest absolute Gasteiger partial charge is 0.481 e. The van der Waals surface area contributed by atoms with Crippen molar-refractivity contribution in [3.05, 3.63) is 56.9 Å². The second kappa shape index (κ2) is 7.30. The molecule has 0 amide bonds. The number of nitrogens with zero attached hydrogens (tertiary/aromatic N) is 1. The maximum atomic E-state index is 10.9. The van der Waals surface area contributed by atoms with Crippen molar-refractivity contribution in [3.8, 4) is 0 Å². The van der Waals surface area contributed by atoms with Gasteiger partial charge >= 0.3 is 38.7 Å². The van der Waals surface area contributed by atoms with Crippen LogP contribution in [0.25, 0.3) is 5.57 Å². The molecule has 0 fully saturated rings. The van der Waals surface area contributed by atoms with E-state index in [4.69, 9.17) is 5.11 Å². The van der Waals surface area contributed by atoms with Gasteiger partial charge in [-0.15, -0.1) is 0 Å². The van der Waals surface area contributed by atoms with Crippen molar-refractivity contribution in [3.63, 3.8) is 0 Å². The monoisotopic (exact) mass is 333 g/mol. The van der Waals surface area contributed by atoms with E-state index in [-0.39, 0.29) is 52.0 Å². The fourth-order valence-electron chi connectivity index (χ4n) is 2.42. The predicted molar refractivity (Wildman–Crippen MR) is 72.5 cm³/mol. The summed E-state index contributed by atoms with van der Waals surface area (Å²) in [4.78, 5) is 14.9. The Hall–Kier alpha value is -0.536. The van der Waals surface area contributed by atoms with Crippen LogP contribution in [0.1, 0.15) is 30.4 Å². The number of carboxylic acid groups (broad SMARTS) is 1. The number of hydrogen-bond acceptors (Lipinski definition) is 2. The maximum Gasteiger partial charge on any atom is 3.00 e. The number of carboxylic acids is 1. The van der Waals surface area contributed by atoms with Gasteiger partial charge < -0.3 is 26.4 Å². The van der Waals surface area contributed by atoms with E-state index in [2.05, 4.69) is 18.8 Å².